The fourth-order valence-electron chi connectivity index (χ4n) is 2.79. The van der Waals surface area contributed by atoms with Gasteiger partial charge in [0.2, 0.25) is 0 Å². The van der Waals surface area contributed by atoms with Gasteiger partial charge < -0.3 is 5.11 Å². The fraction of sp³-hybridized carbons (Fsp3) is 0.0526. The maximum absolute atomic E-state index is 13.0. The van der Waals surface area contributed by atoms with Crippen molar-refractivity contribution >= 4 is 23.2 Å². The standard InChI is InChI=1S/C19H12FNO2S/c20-13-6-4-11(5-7-13)19-21-14(10-24-19)8-12-9-16-15(18(12)23)2-1-3-17(16)22/h1-8,10,22H,9H2/b12-8-. The molecule has 0 fully saturated rings. The normalized spacial score (nSPS) is 15.0. The molecular weight excluding hydrogens is 325 g/mol. The molecule has 118 valence electrons. The highest BCUT2D eigenvalue weighted by molar-refractivity contribution is 7.13. The van der Waals surface area contributed by atoms with Crippen LogP contribution in [0.4, 0.5) is 4.39 Å². The van der Waals surface area contributed by atoms with E-state index in [0.717, 1.165) is 10.6 Å². The van der Waals surface area contributed by atoms with Gasteiger partial charge in [0.25, 0.3) is 0 Å². The lowest BCUT2D eigenvalue weighted by molar-refractivity contribution is 0.104. The fourth-order valence-corrected chi connectivity index (χ4v) is 3.57. The summed E-state index contributed by atoms with van der Waals surface area (Å²) in [6.07, 6.45) is 2.16. The molecule has 0 bridgehead atoms. The zero-order chi connectivity index (χ0) is 16.7. The van der Waals surface area contributed by atoms with Crippen LogP contribution in [0.25, 0.3) is 16.6 Å². The summed E-state index contributed by atoms with van der Waals surface area (Å²) >= 11 is 1.44. The molecule has 2 aromatic carbocycles. The van der Waals surface area contributed by atoms with E-state index in [9.17, 15) is 14.3 Å². The summed E-state index contributed by atoms with van der Waals surface area (Å²) in [7, 11) is 0. The van der Waals surface area contributed by atoms with Gasteiger partial charge in [0.15, 0.2) is 5.78 Å². The van der Waals surface area contributed by atoms with Crippen molar-refractivity contribution < 1.29 is 14.3 Å². The van der Waals surface area contributed by atoms with E-state index in [1.54, 1.807) is 36.4 Å². The Morgan fingerprint density at radius 2 is 1.96 bits per heavy atom. The van der Waals surface area contributed by atoms with Crippen LogP contribution in [-0.4, -0.2) is 15.9 Å². The Morgan fingerprint density at radius 3 is 2.71 bits per heavy atom. The number of nitrogens with zero attached hydrogens (tertiary/aromatic N) is 1. The number of Topliss-reactive ketones (excluding diaryl/α,β-unsaturated/α-hetero) is 1. The molecule has 0 amide bonds. The third-order valence-corrected chi connectivity index (χ3v) is 4.90. The minimum Gasteiger partial charge on any atom is -0.508 e. The Kier molecular flexibility index (Phi) is 3.50. The van der Waals surface area contributed by atoms with Gasteiger partial charge >= 0.3 is 0 Å². The Hall–Kier alpha value is -2.79. The van der Waals surface area contributed by atoms with Crippen molar-refractivity contribution in [1.29, 1.82) is 0 Å². The third kappa shape index (κ3) is 2.53. The van der Waals surface area contributed by atoms with Crippen LogP contribution in [0, 0.1) is 5.82 Å². The lowest BCUT2D eigenvalue weighted by Gasteiger charge is -1.97. The lowest BCUT2D eigenvalue weighted by atomic mass is 10.1. The van der Waals surface area contributed by atoms with E-state index in [4.69, 9.17) is 0 Å². The van der Waals surface area contributed by atoms with Crippen molar-refractivity contribution in [3.63, 3.8) is 0 Å². The molecule has 0 spiro atoms. The molecule has 1 aliphatic rings. The van der Waals surface area contributed by atoms with E-state index in [1.165, 1.54) is 23.5 Å². The number of rotatable bonds is 2. The van der Waals surface area contributed by atoms with Crippen molar-refractivity contribution in [2.45, 2.75) is 6.42 Å². The topological polar surface area (TPSA) is 50.2 Å². The van der Waals surface area contributed by atoms with Gasteiger partial charge in [0, 0.05) is 34.1 Å². The SMILES string of the molecule is O=C1/C(=C\c2csc(-c3ccc(F)cc3)n2)Cc2c(O)cccc21. The Morgan fingerprint density at radius 1 is 1.17 bits per heavy atom. The van der Waals surface area contributed by atoms with E-state index < -0.39 is 0 Å². The quantitative estimate of drug-likeness (QED) is 0.702. The maximum atomic E-state index is 13.0. The molecule has 24 heavy (non-hydrogen) atoms. The Balaban J connectivity index is 1.65. The summed E-state index contributed by atoms with van der Waals surface area (Å²) in [5, 5.41) is 12.5. The van der Waals surface area contributed by atoms with Crippen LogP contribution in [0.3, 0.4) is 0 Å². The monoisotopic (exact) mass is 337 g/mol. The van der Waals surface area contributed by atoms with E-state index in [1.807, 2.05) is 5.38 Å². The molecule has 1 aliphatic carbocycles. The van der Waals surface area contributed by atoms with Gasteiger partial charge in [-0.1, -0.05) is 12.1 Å². The van der Waals surface area contributed by atoms with Crippen LogP contribution in [0.15, 0.2) is 53.4 Å². The highest BCUT2D eigenvalue weighted by atomic mass is 32.1. The minimum atomic E-state index is -0.285. The average Bonchev–Trinajstić information content (AvgIpc) is 3.16. The molecule has 0 unspecified atom stereocenters. The van der Waals surface area contributed by atoms with E-state index in [-0.39, 0.29) is 17.3 Å². The first-order chi connectivity index (χ1) is 11.6. The Labute approximate surface area is 141 Å². The molecule has 1 N–H and O–H groups in total. The predicted octanol–water partition coefficient (Wildman–Crippen LogP) is 4.48. The number of aromatic nitrogens is 1. The van der Waals surface area contributed by atoms with E-state index in [2.05, 4.69) is 4.98 Å². The van der Waals surface area contributed by atoms with Gasteiger partial charge in [-0.15, -0.1) is 11.3 Å². The highest BCUT2D eigenvalue weighted by Gasteiger charge is 2.27. The van der Waals surface area contributed by atoms with Crippen LogP contribution in [0.1, 0.15) is 21.6 Å². The van der Waals surface area contributed by atoms with E-state index >= 15 is 0 Å². The predicted molar refractivity (Wildman–Crippen MR) is 91.6 cm³/mol. The van der Waals surface area contributed by atoms with Gasteiger partial charge in [-0.3, -0.25) is 4.79 Å². The number of fused-ring (bicyclic) bond motifs is 1. The number of carbonyl (C=O) groups is 1. The number of ketones is 1. The van der Waals surface area contributed by atoms with Crippen molar-refractivity contribution in [2.75, 3.05) is 0 Å². The summed E-state index contributed by atoms with van der Waals surface area (Å²) in [5.74, 6) is -0.210. The second-order valence-electron chi connectivity index (χ2n) is 5.56. The molecule has 1 aromatic heterocycles. The lowest BCUT2D eigenvalue weighted by Crippen LogP contribution is -1.95. The van der Waals surface area contributed by atoms with Crippen molar-refractivity contribution in [1.82, 2.24) is 4.98 Å². The number of thiazole rings is 1. The number of hydrogen-bond donors (Lipinski definition) is 1. The second-order valence-corrected chi connectivity index (χ2v) is 6.42. The molecular formula is C19H12FNO2S. The minimum absolute atomic E-state index is 0.0720. The van der Waals surface area contributed by atoms with Crippen LogP contribution in [-0.2, 0) is 6.42 Å². The Bertz CT molecular complexity index is 973. The summed E-state index contributed by atoms with van der Waals surface area (Å²) in [6, 6.07) is 11.1. The van der Waals surface area contributed by atoms with Gasteiger partial charge in [-0.25, -0.2) is 9.37 Å². The number of allylic oxidation sites excluding steroid dienone is 1. The molecule has 3 aromatic rings. The van der Waals surface area contributed by atoms with Crippen molar-refractivity contribution in [3.8, 4) is 16.3 Å². The van der Waals surface area contributed by atoms with Crippen molar-refractivity contribution in [2.24, 2.45) is 0 Å². The zero-order valence-electron chi connectivity index (χ0n) is 12.5. The number of halogens is 1. The number of benzene rings is 2. The molecule has 4 rings (SSSR count). The molecule has 0 saturated heterocycles. The number of carbonyl (C=O) groups excluding carboxylic acids is 1. The summed E-state index contributed by atoms with van der Waals surface area (Å²) in [4.78, 5) is 16.9. The maximum Gasteiger partial charge on any atom is 0.189 e. The number of aromatic hydroxyl groups is 1. The van der Waals surface area contributed by atoms with Crippen LogP contribution in [0.2, 0.25) is 0 Å². The molecule has 3 nitrogen and oxygen atoms in total. The van der Waals surface area contributed by atoms with Crippen LogP contribution >= 0.6 is 11.3 Å². The summed E-state index contributed by atoms with van der Waals surface area (Å²) in [6.45, 7) is 0. The number of hydrogen-bond acceptors (Lipinski definition) is 4. The first kappa shape index (κ1) is 14.8. The molecule has 0 atom stereocenters. The van der Waals surface area contributed by atoms with Crippen molar-refractivity contribution in [3.05, 3.63) is 76.1 Å². The molecule has 5 heteroatoms. The van der Waals surface area contributed by atoms with Crippen LogP contribution < -0.4 is 0 Å². The first-order valence-corrected chi connectivity index (χ1v) is 8.27. The molecule has 1 heterocycles. The second kappa shape index (κ2) is 5.69. The molecule has 0 aliphatic heterocycles. The summed E-state index contributed by atoms with van der Waals surface area (Å²) in [5.41, 5.74) is 3.36. The smallest absolute Gasteiger partial charge is 0.189 e. The largest absolute Gasteiger partial charge is 0.508 e. The van der Waals surface area contributed by atoms with Gasteiger partial charge in [-0.05, 0) is 36.4 Å². The number of phenols is 1. The average molecular weight is 337 g/mol. The van der Waals surface area contributed by atoms with Gasteiger partial charge in [0.05, 0.1) is 5.69 Å². The summed E-state index contributed by atoms with van der Waals surface area (Å²) < 4.78 is 13.0. The van der Waals surface area contributed by atoms with E-state index in [0.29, 0.717) is 28.8 Å². The highest BCUT2D eigenvalue weighted by Crippen LogP contribution is 2.34. The zero-order valence-corrected chi connectivity index (χ0v) is 13.3. The number of phenolic OH excluding ortho intramolecular Hbond substituents is 1. The first-order valence-electron chi connectivity index (χ1n) is 7.39. The van der Waals surface area contributed by atoms with Gasteiger partial charge in [0.1, 0.15) is 16.6 Å². The molecule has 0 saturated carbocycles. The van der Waals surface area contributed by atoms with Crippen LogP contribution in [0.5, 0.6) is 5.75 Å². The molecule has 0 radical (unpaired) electrons. The van der Waals surface area contributed by atoms with Gasteiger partial charge in [-0.2, -0.15) is 0 Å². The third-order valence-electron chi connectivity index (χ3n) is 3.99.